The lowest BCUT2D eigenvalue weighted by atomic mass is 10.1. The van der Waals surface area contributed by atoms with E-state index in [0.717, 1.165) is 24.1 Å². The lowest BCUT2D eigenvalue weighted by Crippen LogP contribution is -2.27. The van der Waals surface area contributed by atoms with Gasteiger partial charge in [0.1, 0.15) is 5.82 Å². The van der Waals surface area contributed by atoms with Gasteiger partial charge in [0.05, 0.1) is 11.0 Å². The van der Waals surface area contributed by atoms with Gasteiger partial charge in [0.15, 0.2) is 5.78 Å². The Morgan fingerprint density at radius 3 is 2.76 bits per heavy atom. The number of hydrogen-bond donors (Lipinski definition) is 0. The van der Waals surface area contributed by atoms with Crippen molar-refractivity contribution in [2.45, 2.75) is 19.8 Å². The van der Waals surface area contributed by atoms with Crippen molar-refractivity contribution in [1.82, 2.24) is 0 Å². The van der Waals surface area contributed by atoms with Crippen molar-refractivity contribution in [3.8, 4) is 0 Å². The summed E-state index contributed by atoms with van der Waals surface area (Å²) in [4.78, 5) is 13.6. The maximum Gasteiger partial charge on any atom is 0.155 e. The molecule has 2 rings (SSSR count). The Morgan fingerprint density at radius 2 is 2.18 bits per heavy atom. The number of nitrogens with zero attached hydrogens (tertiary/aromatic N) is 1. The summed E-state index contributed by atoms with van der Waals surface area (Å²) in [6.45, 7) is 2.26. The molecule has 92 valence electrons. The zero-order chi connectivity index (χ0) is 12.6. The van der Waals surface area contributed by atoms with Crippen LogP contribution in [-0.4, -0.2) is 19.4 Å². The zero-order valence-corrected chi connectivity index (χ0v) is 11.6. The van der Waals surface area contributed by atoms with Gasteiger partial charge in [-0.3, -0.25) is 4.79 Å². The maximum atomic E-state index is 13.3. The second kappa shape index (κ2) is 4.77. The topological polar surface area (TPSA) is 20.3 Å². The minimum atomic E-state index is -0.270. The summed E-state index contributed by atoms with van der Waals surface area (Å²) in [6.07, 6.45) is 2.05. The van der Waals surface area contributed by atoms with E-state index in [9.17, 15) is 9.18 Å². The van der Waals surface area contributed by atoms with Crippen LogP contribution in [0.2, 0.25) is 0 Å². The normalized spacial score (nSPS) is 14.8. The Morgan fingerprint density at radius 1 is 1.53 bits per heavy atom. The molecule has 0 bridgehead atoms. The number of anilines is 1. The molecule has 0 unspecified atom stereocenters. The molecule has 0 atom stereocenters. The number of hydrogen-bond acceptors (Lipinski definition) is 2. The molecule has 0 saturated heterocycles. The SMILES string of the molecule is Cc1cc(F)c(Br)cc1N(C)CC(=O)C1CC1. The van der Waals surface area contributed by atoms with Gasteiger partial charge in [-0.25, -0.2) is 4.39 Å². The predicted octanol–water partition coefficient (Wildman–Crippen LogP) is 3.31. The molecule has 0 heterocycles. The molecule has 1 aromatic carbocycles. The molecule has 1 aliphatic carbocycles. The van der Waals surface area contributed by atoms with Crippen molar-refractivity contribution in [3.63, 3.8) is 0 Å². The lowest BCUT2D eigenvalue weighted by molar-refractivity contribution is -0.118. The molecule has 0 amide bonds. The monoisotopic (exact) mass is 299 g/mol. The highest BCUT2D eigenvalue weighted by Crippen LogP contribution is 2.31. The molecule has 0 aliphatic heterocycles. The Balaban J connectivity index is 2.15. The minimum absolute atomic E-state index is 0.265. The van der Waals surface area contributed by atoms with E-state index >= 15 is 0 Å². The molecule has 17 heavy (non-hydrogen) atoms. The molecule has 0 spiro atoms. The average molecular weight is 300 g/mol. The third-order valence-electron chi connectivity index (χ3n) is 3.08. The number of aryl methyl sites for hydroxylation is 1. The van der Waals surface area contributed by atoms with Gasteiger partial charge in [-0.1, -0.05) is 0 Å². The van der Waals surface area contributed by atoms with Crippen LogP contribution in [0.5, 0.6) is 0 Å². The first-order valence-electron chi connectivity index (χ1n) is 5.68. The molecule has 0 radical (unpaired) electrons. The highest BCUT2D eigenvalue weighted by Gasteiger charge is 2.30. The lowest BCUT2D eigenvalue weighted by Gasteiger charge is -2.21. The molecule has 0 N–H and O–H groups in total. The number of Topliss-reactive ketones (excluding diaryl/α,β-unsaturated/α-hetero) is 1. The van der Waals surface area contributed by atoms with Crippen LogP contribution in [0.25, 0.3) is 0 Å². The quantitative estimate of drug-likeness (QED) is 0.850. The van der Waals surface area contributed by atoms with E-state index in [4.69, 9.17) is 0 Å². The fourth-order valence-electron chi connectivity index (χ4n) is 1.90. The Labute approximate surface area is 109 Å². The van der Waals surface area contributed by atoms with Crippen LogP contribution >= 0.6 is 15.9 Å². The minimum Gasteiger partial charge on any atom is -0.367 e. The van der Waals surface area contributed by atoms with Crippen LogP contribution in [0.3, 0.4) is 0 Å². The van der Waals surface area contributed by atoms with Gasteiger partial charge in [0, 0.05) is 18.7 Å². The number of halogens is 2. The number of likely N-dealkylation sites (N-methyl/N-ethyl adjacent to an activating group) is 1. The first kappa shape index (κ1) is 12.6. The summed E-state index contributed by atoms with van der Waals surface area (Å²) in [7, 11) is 1.87. The standard InChI is InChI=1S/C13H15BrFNO/c1-8-5-11(15)10(14)6-12(8)16(2)7-13(17)9-3-4-9/h5-6,9H,3-4,7H2,1-2H3. The molecule has 1 aliphatic rings. The van der Waals surface area contributed by atoms with Crippen molar-refractivity contribution >= 4 is 27.4 Å². The maximum absolute atomic E-state index is 13.3. The van der Waals surface area contributed by atoms with E-state index in [-0.39, 0.29) is 17.5 Å². The van der Waals surface area contributed by atoms with Gasteiger partial charge in [-0.2, -0.15) is 0 Å². The largest absolute Gasteiger partial charge is 0.367 e. The molecule has 1 saturated carbocycles. The molecule has 1 aromatic rings. The van der Waals surface area contributed by atoms with E-state index in [2.05, 4.69) is 15.9 Å². The van der Waals surface area contributed by atoms with Crippen LogP contribution in [0, 0.1) is 18.7 Å². The second-order valence-corrected chi connectivity index (χ2v) is 5.50. The summed E-state index contributed by atoms with van der Waals surface area (Å²) < 4.78 is 13.7. The van der Waals surface area contributed by atoms with Crippen LogP contribution in [0.1, 0.15) is 18.4 Å². The number of ketones is 1. The van der Waals surface area contributed by atoms with Crippen molar-refractivity contribution in [2.24, 2.45) is 5.92 Å². The molecule has 4 heteroatoms. The fraction of sp³-hybridized carbons (Fsp3) is 0.462. The van der Waals surface area contributed by atoms with Crippen molar-refractivity contribution in [1.29, 1.82) is 0 Å². The molecular weight excluding hydrogens is 285 g/mol. The zero-order valence-electron chi connectivity index (χ0n) is 9.96. The number of rotatable bonds is 4. The van der Waals surface area contributed by atoms with Gasteiger partial charge < -0.3 is 4.90 Å². The van der Waals surface area contributed by atoms with Gasteiger partial charge >= 0.3 is 0 Å². The van der Waals surface area contributed by atoms with E-state index in [1.807, 2.05) is 18.9 Å². The smallest absolute Gasteiger partial charge is 0.155 e. The average Bonchev–Trinajstić information content (AvgIpc) is 3.06. The first-order chi connectivity index (χ1) is 7.99. The summed E-state index contributed by atoms with van der Waals surface area (Å²) in [6, 6.07) is 3.21. The Bertz CT molecular complexity index is 457. The summed E-state index contributed by atoms with van der Waals surface area (Å²) in [5, 5.41) is 0. The number of carbonyl (C=O) groups excluding carboxylic acids is 1. The van der Waals surface area contributed by atoms with Crippen molar-refractivity contribution in [3.05, 3.63) is 28.0 Å². The summed E-state index contributed by atoms with van der Waals surface area (Å²) >= 11 is 3.17. The number of carbonyl (C=O) groups is 1. The van der Waals surface area contributed by atoms with Crippen LogP contribution < -0.4 is 4.90 Å². The summed E-state index contributed by atoms with van der Waals surface area (Å²) in [5.41, 5.74) is 1.74. The highest BCUT2D eigenvalue weighted by molar-refractivity contribution is 9.10. The second-order valence-electron chi connectivity index (χ2n) is 4.65. The Kier molecular flexibility index (Phi) is 3.52. The van der Waals surface area contributed by atoms with E-state index < -0.39 is 0 Å². The van der Waals surface area contributed by atoms with Crippen molar-refractivity contribution < 1.29 is 9.18 Å². The third kappa shape index (κ3) is 2.86. The van der Waals surface area contributed by atoms with E-state index in [0.29, 0.717) is 11.0 Å². The van der Waals surface area contributed by atoms with Crippen LogP contribution in [-0.2, 0) is 4.79 Å². The van der Waals surface area contributed by atoms with Crippen LogP contribution in [0.15, 0.2) is 16.6 Å². The van der Waals surface area contributed by atoms with E-state index in [1.165, 1.54) is 6.07 Å². The molecular formula is C13H15BrFNO. The summed E-state index contributed by atoms with van der Waals surface area (Å²) in [5.74, 6) is 0.280. The van der Waals surface area contributed by atoms with Gasteiger partial charge in [0.2, 0.25) is 0 Å². The van der Waals surface area contributed by atoms with Gasteiger partial charge in [-0.05, 0) is 53.4 Å². The van der Waals surface area contributed by atoms with Gasteiger partial charge in [0.25, 0.3) is 0 Å². The first-order valence-corrected chi connectivity index (χ1v) is 6.48. The van der Waals surface area contributed by atoms with E-state index in [1.54, 1.807) is 6.07 Å². The number of benzene rings is 1. The van der Waals surface area contributed by atoms with Crippen LogP contribution in [0.4, 0.5) is 10.1 Å². The molecule has 1 fully saturated rings. The third-order valence-corrected chi connectivity index (χ3v) is 3.68. The predicted molar refractivity (Wildman–Crippen MR) is 69.8 cm³/mol. The molecule has 2 nitrogen and oxygen atoms in total. The highest BCUT2D eigenvalue weighted by atomic mass is 79.9. The Hall–Kier alpha value is -0.900. The molecule has 0 aromatic heterocycles. The fourth-order valence-corrected chi connectivity index (χ4v) is 2.23. The van der Waals surface area contributed by atoms with Crippen molar-refractivity contribution in [2.75, 3.05) is 18.5 Å². The van der Waals surface area contributed by atoms with Gasteiger partial charge in [-0.15, -0.1) is 0 Å².